The van der Waals surface area contributed by atoms with Gasteiger partial charge in [0.25, 0.3) is 0 Å². The molecule has 0 fully saturated rings. The van der Waals surface area contributed by atoms with E-state index in [1.807, 2.05) is 42.5 Å². The van der Waals surface area contributed by atoms with Gasteiger partial charge in [-0.25, -0.2) is 4.79 Å². The van der Waals surface area contributed by atoms with E-state index in [1.165, 1.54) is 82.7 Å². The van der Waals surface area contributed by atoms with Gasteiger partial charge in [0.2, 0.25) is 11.5 Å². The molecular weight excluding hydrogens is 633 g/mol. The molecule has 0 saturated carbocycles. The number of allylic oxidation sites excluding steroid dienone is 3. The number of rotatable bonds is 20. The van der Waals surface area contributed by atoms with E-state index in [2.05, 4.69) is 61.4 Å². The fourth-order valence-electron chi connectivity index (χ4n) is 7.54. The van der Waals surface area contributed by atoms with Gasteiger partial charge in [0, 0.05) is 42.0 Å². The number of aliphatic hydroxyl groups excluding tert-OH is 1. The number of nitrogens with zero attached hydrogens (tertiary/aromatic N) is 2. The highest BCUT2D eigenvalue weighted by Gasteiger charge is 2.46. The average Bonchev–Trinajstić information content (AvgIpc) is 3.34. The van der Waals surface area contributed by atoms with Crippen molar-refractivity contribution in [2.45, 2.75) is 117 Å². The fourth-order valence-corrected chi connectivity index (χ4v) is 7.54. The molecule has 3 aromatic carbocycles. The van der Waals surface area contributed by atoms with Crippen molar-refractivity contribution in [3.63, 3.8) is 0 Å². The summed E-state index contributed by atoms with van der Waals surface area (Å²) >= 11 is 0. The summed E-state index contributed by atoms with van der Waals surface area (Å²) in [5.41, 5.74) is 6.47. The summed E-state index contributed by atoms with van der Waals surface area (Å²) < 4.78 is 2.17. The molecule has 51 heavy (non-hydrogen) atoms. The van der Waals surface area contributed by atoms with Crippen LogP contribution in [0.2, 0.25) is 0 Å². The van der Waals surface area contributed by atoms with Gasteiger partial charge < -0.3 is 15.1 Å². The van der Waals surface area contributed by atoms with E-state index in [-0.39, 0.29) is 17.1 Å². The summed E-state index contributed by atoms with van der Waals surface area (Å²) in [6.45, 7) is 11.4. The van der Waals surface area contributed by atoms with Gasteiger partial charge in [0.1, 0.15) is 5.76 Å². The largest absolute Gasteiger partial charge is 0.506 e. The van der Waals surface area contributed by atoms with Crippen LogP contribution in [0.3, 0.4) is 0 Å². The molecular formula is C45H57N2O4+. The predicted octanol–water partition coefficient (Wildman–Crippen LogP) is 11.0. The Morgan fingerprint density at radius 2 is 1.33 bits per heavy atom. The van der Waals surface area contributed by atoms with Gasteiger partial charge in [-0.1, -0.05) is 121 Å². The molecule has 0 unspecified atom stereocenters. The zero-order valence-corrected chi connectivity index (χ0v) is 31.2. The number of fused-ring (bicyclic) bond motifs is 1. The van der Waals surface area contributed by atoms with Crippen LogP contribution in [0.4, 0.5) is 11.4 Å². The third-order valence-electron chi connectivity index (χ3n) is 10.7. The first-order chi connectivity index (χ1) is 24.7. The number of benzene rings is 3. The summed E-state index contributed by atoms with van der Waals surface area (Å²) in [6.07, 6.45) is 17.1. The van der Waals surface area contributed by atoms with Gasteiger partial charge in [-0.05, 0) is 56.5 Å². The first-order valence-electron chi connectivity index (χ1n) is 19.3. The second kappa shape index (κ2) is 17.7. The van der Waals surface area contributed by atoms with Gasteiger partial charge in [0.05, 0.1) is 22.1 Å². The number of ketones is 1. The first kappa shape index (κ1) is 37.8. The van der Waals surface area contributed by atoms with Crippen LogP contribution in [0.15, 0.2) is 90.2 Å². The Bertz CT molecular complexity index is 1750. The zero-order valence-electron chi connectivity index (χ0n) is 31.2. The standard InChI is InChI=1S/C45H56N2O4/c1-5-7-9-11-13-17-29-46(30-18-14-12-10-8-6-2)36-27-25-34(26-28-36)41-42(48)37(43(41)49)31-40-45(3,4)38-19-15-16-20-39(38)47(40)32-33-21-23-35(24-22-33)44(50)51/h15-16,19-28,31H,5-14,17-18,29-30,32H2,1-4H3,(H-,48,49,50,51)/p+1. The molecule has 0 spiro atoms. The highest BCUT2D eigenvalue weighted by molar-refractivity contribution is 6.40. The number of unbranched alkanes of at least 4 members (excludes halogenated alkanes) is 10. The Morgan fingerprint density at radius 1 is 0.765 bits per heavy atom. The Labute approximate surface area is 305 Å². The number of carboxylic acid groups (broad SMARTS) is 1. The molecule has 0 amide bonds. The number of hydrogen-bond acceptors (Lipinski definition) is 4. The number of aliphatic hydroxyl groups is 1. The van der Waals surface area contributed by atoms with Crippen LogP contribution in [0, 0.1) is 0 Å². The topological polar surface area (TPSA) is 80.8 Å². The second-order valence-electron chi connectivity index (χ2n) is 14.8. The van der Waals surface area contributed by atoms with Crippen LogP contribution in [-0.4, -0.2) is 45.3 Å². The van der Waals surface area contributed by atoms with E-state index in [4.69, 9.17) is 0 Å². The molecule has 6 nitrogen and oxygen atoms in total. The molecule has 0 bridgehead atoms. The summed E-state index contributed by atoms with van der Waals surface area (Å²) in [7, 11) is 0. The Hall–Kier alpha value is -4.45. The van der Waals surface area contributed by atoms with E-state index in [1.54, 1.807) is 12.1 Å². The van der Waals surface area contributed by atoms with Gasteiger partial charge in [-0.3, -0.25) is 4.79 Å². The maximum Gasteiger partial charge on any atom is 0.335 e. The first-order valence-corrected chi connectivity index (χ1v) is 19.3. The van der Waals surface area contributed by atoms with Crippen molar-refractivity contribution < 1.29 is 24.4 Å². The molecule has 0 radical (unpaired) electrons. The van der Waals surface area contributed by atoms with Crippen molar-refractivity contribution >= 4 is 34.4 Å². The third kappa shape index (κ3) is 8.90. The molecule has 1 aliphatic carbocycles. The molecule has 5 rings (SSSR count). The van der Waals surface area contributed by atoms with Crippen LogP contribution < -0.4 is 4.90 Å². The van der Waals surface area contributed by atoms with Crippen LogP contribution in [0.1, 0.15) is 132 Å². The van der Waals surface area contributed by atoms with Crippen LogP contribution in [0.5, 0.6) is 0 Å². The molecule has 6 heteroatoms. The van der Waals surface area contributed by atoms with E-state index in [9.17, 15) is 19.8 Å². The van der Waals surface area contributed by atoms with Crippen LogP contribution in [0.25, 0.3) is 5.57 Å². The predicted molar refractivity (Wildman–Crippen MR) is 210 cm³/mol. The Kier molecular flexibility index (Phi) is 13.1. The lowest BCUT2D eigenvalue weighted by atomic mass is 9.77. The van der Waals surface area contributed by atoms with E-state index in [0.717, 1.165) is 41.2 Å². The lowest BCUT2D eigenvalue weighted by molar-refractivity contribution is -0.455. The molecule has 270 valence electrons. The van der Waals surface area contributed by atoms with Crippen LogP contribution >= 0.6 is 0 Å². The van der Waals surface area contributed by atoms with Crippen molar-refractivity contribution in [1.29, 1.82) is 0 Å². The number of aromatic carboxylic acids is 1. The van der Waals surface area contributed by atoms with Gasteiger partial charge in [-0.15, -0.1) is 0 Å². The third-order valence-corrected chi connectivity index (χ3v) is 10.7. The van der Waals surface area contributed by atoms with Crippen molar-refractivity contribution in [2.75, 3.05) is 18.0 Å². The van der Waals surface area contributed by atoms with Gasteiger partial charge >= 0.3 is 5.97 Å². The minimum atomic E-state index is -0.957. The Morgan fingerprint density at radius 3 is 1.90 bits per heavy atom. The molecule has 0 atom stereocenters. The number of carbonyl (C=O) groups is 2. The number of Topliss-reactive ketones (excluding diaryl/α,β-unsaturated/α-hetero) is 1. The van der Waals surface area contributed by atoms with Gasteiger partial charge in [0.15, 0.2) is 12.3 Å². The van der Waals surface area contributed by atoms with Gasteiger partial charge in [-0.2, -0.15) is 4.58 Å². The molecule has 2 N–H and O–H groups in total. The van der Waals surface area contributed by atoms with Crippen LogP contribution in [-0.2, 0) is 16.8 Å². The summed E-state index contributed by atoms with van der Waals surface area (Å²) in [4.78, 5) is 27.7. The van der Waals surface area contributed by atoms with Crippen molar-refractivity contribution in [3.05, 3.63) is 112 Å². The molecule has 0 aromatic heterocycles. The highest BCUT2D eigenvalue weighted by atomic mass is 16.4. The number of para-hydroxylation sites is 1. The minimum Gasteiger partial charge on any atom is -0.506 e. The monoisotopic (exact) mass is 689 g/mol. The average molecular weight is 690 g/mol. The van der Waals surface area contributed by atoms with E-state index < -0.39 is 11.4 Å². The number of anilines is 1. The second-order valence-corrected chi connectivity index (χ2v) is 14.8. The fraction of sp³-hybridized carbons (Fsp3) is 0.444. The minimum absolute atomic E-state index is 0.0359. The van der Waals surface area contributed by atoms with Crippen molar-refractivity contribution in [3.8, 4) is 0 Å². The lowest BCUT2D eigenvalue weighted by Gasteiger charge is -2.26. The molecule has 1 aliphatic heterocycles. The maximum atomic E-state index is 13.7. The smallest absolute Gasteiger partial charge is 0.335 e. The molecule has 3 aromatic rings. The summed E-state index contributed by atoms with van der Waals surface area (Å²) in [6, 6.07) is 23.3. The maximum absolute atomic E-state index is 13.7. The summed E-state index contributed by atoms with van der Waals surface area (Å²) in [5.74, 6) is -1.07. The number of carbonyl (C=O) groups excluding carboxylic acids is 1. The van der Waals surface area contributed by atoms with E-state index in [0.29, 0.717) is 17.7 Å². The normalized spacial score (nSPS) is 15.8. The SMILES string of the molecule is CCCCCCCCN(CCCCCCCC)c1ccc(C2=C(O)/C(=C/C3=[N+](Cc4ccc(C(=O)O)cc4)c4ccccc4C3(C)C)C2=O)cc1. The molecule has 1 heterocycles. The lowest BCUT2D eigenvalue weighted by Crippen LogP contribution is -2.30. The Balaban J connectivity index is 1.36. The zero-order chi connectivity index (χ0) is 36.4. The van der Waals surface area contributed by atoms with E-state index >= 15 is 0 Å². The highest BCUT2D eigenvalue weighted by Crippen LogP contribution is 2.43. The van der Waals surface area contributed by atoms with Crippen molar-refractivity contribution in [1.82, 2.24) is 0 Å². The quantitative estimate of drug-likeness (QED) is 0.0701. The van der Waals surface area contributed by atoms with Crippen molar-refractivity contribution in [2.24, 2.45) is 0 Å². The molecule has 0 saturated heterocycles. The number of hydrogen-bond donors (Lipinski definition) is 2. The number of carboxylic acids is 1. The summed E-state index contributed by atoms with van der Waals surface area (Å²) in [5, 5.41) is 20.7. The molecule has 2 aliphatic rings.